The number of imidazole rings is 1. The first-order valence-corrected chi connectivity index (χ1v) is 9.86. The van der Waals surface area contributed by atoms with Gasteiger partial charge >= 0.3 is 0 Å². The van der Waals surface area contributed by atoms with Crippen LogP contribution in [-0.2, 0) is 24.3 Å². The zero-order valence-corrected chi connectivity index (χ0v) is 16.3. The maximum Gasteiger partial charge on any atom is 0.236 e. The third-order valence-electron chi connectivity index (χ3n) is 4.46. The molecule has 1 aromatic carbocycles. The monoisotopic (exact) mass is 392 g/mol. The van der Waals surface area contributed by atoms with Crippen LogP contribution in [0.2, 0.25) is 0 Å². The van der Waals surface area contributed by atoms with Crippen molar-refractivity contribution < 1.29 is 9.21 Å². The molecule has 0 saturated carbocycles. The van der Waals surface area contributed by atoms with E-state index in [9.17, 15) is 4.79 Å². The normalized spacial score (nSPS) is 10.9. The number of rotatable bonds is 7. The first-order chi connectivity index (χ1) is 13.7. The lowest BCUT2D eigenvalue weighted by molar-refractivity contribution is -0.120. The first-order valence-electron chi connectivity index (χ1n) is 8.98. The molecule has 0 radical (unpaired) electrons. The van der Waals surface area contributed by atoms with E-state index in [1.165, 1.54) is 0 Å². The van der Waals surface area contributed by atoms with Crippen LogP contribution in [-0.4, -0.2) is 20.4 Å². The second-order valence-corrected chi connectivity index (χ2v) is 7.40. The van der Waals surface area contributed by atoms with Crippen molar-refractivity contribution in [2.45, 2.75) is 26.4 Å². The lowest BCUT2D eigenvalue weighted by Crippen LogP contribution is -2.25. The summed E-state index contributed by atoms with van der Waals surface area (Å²) < 4.78 is 7.72. The summed E-state index contributed by atoms with van der Waals surface area (Å²) in [5, 5.41) is 4.97. The van der Waals surface area contributed by atoms with Crippen LogP contribution in [0.4, 0.5) is 0 Å². The van der Waals surface area contributed by atoms with Crippen molar-refractivity contribution in [1.29, 1.82) is 0 Å². The Morgan fingerprint density at radius 1 is 1.21 bits per heavy atom. The van der Waals surface area contributed by atoms with Crippen LogP contribution in [0, 0.1) is 6.92 Å². The molecule has 0 aliphatic carbocycles. The second kappa shape index (κ2) is 8.22. The Morgan fingerprint density at radius 2 is 2.07 bits per heavy atom. The number of aryl methyl sites for hydroxylation is 1. The number of carbonyl (C=O) groups excluding carboxylic acids is 1. The number of amides is 1. The third kappa shape index (κ3) is 4.20. The van der Waals surface area contributed by atoms with Crippen LogP contribution in [0.5, 0.6) is 0 Å². The summed E-state index contributed by atoms with van der Waals surface area (Å²) in [5.41, 5.74) is 2.91. The molecule has 142 valence electrons. The summed E-state index contributed by atoms with van der Waals surface area (Å²) in [5.74, 6) is 1.17. The summed E-state index contributed by atoms with van der Waals surface area (Å²) in [6.45, 7) is 3.03. The number of nitrogens with zero attached hydrogens (tertiary/aromatic N) is 3. The minimum absolute atomic E-state index is 0.0773. The molecular formula is C21H20N4O2S. The predicted molar refractivity (Wildman–Crippen MR) is 108 cm³/mol. The molecule has 0 spiro atoms. The summed E-state index contributed by atoms with van der Waals surface area (Å²) >= 11 is 1.56. The molecule has 4 aromatic rings. The molecule has 1 amide bonds. The second-order valence-electron chi connectivity index (χ2n) is 6.46. The van der Waals surface area contributed by atoms with Gasteiger partial charge in [0.25, 0.3) is 0 Å². The van der Waals surface area contributed by atoms with Gasteiger partial charge in [-0.25, -0.2) is 9.97 Å². The topological polar surface area (TPSA) is 73.0 Å². The van der Waals surface area contributed by atoms with Gasteiger partial charge in [0.05, 0.1) is 23.3 Å². The molecule has 0 atom stereocenters. The van der Waals surface area contributed by atoms with Gasteiger partial charge in [-0.15, -0.1) is 11.3 Å². The van der Waals surface area contributed by atoms with Crippen LogP contribution in [0.25, 0.3) is 10.8 Å². The highest BCUT2D eigenvalue weighted by Gasteiger charge is 2.15. The summed E-state index contributed by atoms with van der Waals surface area (Å²) in [6.07, 6.45) is 5.67. The Kier molecular flexibility index (Phi) is 5.34. The maximum atomic E-state index is 12.5. The van der Waals surface area contributed by atoms with E-state index in [1.807, 2.05) is 53.4 Å². The molecule has 0 fully saturated rings. The molecule has 1 N–H and O–H groups in total. The molecular weight excluding hydrogens is 372 g/mol. The van der Waals surface area contributed by atoms with E-state index in [0.29, 0.717) is 23.9 Å². The van der Waals surface area contributed by atoms with Crippen molar-refractivity contribution in [3.8, 4) is 10.8 Å². The van der Waals surface area contributed by atoms with Crippen LogP contribution >= 0.6 is 11.3 Å². The van der Waals surface area contributed by atoms with Gasteiger partial charge in [-0.05, 0) is 29.5 Å². The Morgan fingerprint density at radius 3 is 2.82 bits per heavy atom. The van der Waals surface area contributed by atoms with Gasteiger partial charge in [0.1, 0.15) is 5.76 Å². The molecule has 3 heterocycles. The van der Waals surface area contributed by atoms with Gasteiger partial charge in [0.15, 0.2) is 0 Å². The molecule has 0 unspecified atom stereocenters. The van der Waals surface area contributed by atoms with Crippen molar-refractivity contribution in [1.82, 2.24) is 19.9 Å². The van der Waals surface area contributed by atoms with Crippen LogP contribution in [0.1, 0.15) is 22.6 Å². The van der Waals surface area contributed by atoms with Crippen LogP contribution < -0.4 is 5.32 Å². The molecule has 7 heteroatoms. The van der Waals surface area contributed by atoms with Crippen molar-refractivity contribution in [2.24, 2.45) is 0 Å². The minimum atomic E-state index is -0.0773. The highest BCUT2D eigenvalue weighted by atomic mass is 32.1. The van der Waals surface area contributed by atoms with Gasteiger partial charge in [-0.2, -0.15) is 0 Å². The van der Waals surface area contributed by atoms with E-state index in [4.69, 9.17) is 4.42 Å². The molecule has 0 aliphatic rings. The average molecular weight is 392 g/mol. The molecule has 4 rings (SSSR count). The van der Waals surface area contributed by atoms with Crippen molar-refractivity contribution in [2.75, 3.05) is 0 Å². The number of aromatic nitrogens is 3. The van der Waals surface area contributed by atoms with Crippen molar-refractivity contribution in [3.63, 3.8) is 0 Å². The molecule has 0 saturated heterocycles. The smallest absolute Gasteiger partial charge is 0.236 e. The van der Waals surface area contributed by atoms with E-state index in [2.05, 4.69) is 21.4 Å². The highest BCUT2D eigenvalue weighted by molar-refractivity contribution is 7.13. The maximum absolute atomic E-state index is 12.5. The number of hydrogen-bond donors (Lipinski definition) is 1. The zero-order chi connectivity index (χ0) is 19.3. The van der Waals surface area contributed by atoms with E-state index < -0.39 is 0 Å². The van der Waals surface area contributed by atoms with E-state index in [1.54, 1.807) is 23.9 Å². The average Bonchev–Trinajstić information content (AvgIpc) is 3.44. The fourth-order valence-electron chi connectivity index (χ4n) is 2.97. The summed E-state index contributed by atoms with van der Waals surface area (Å²) in [7, 11) is 0. The third-order valence-corrected chi connectivity index (χ3v) is 5.32. The Balaban J connectivity index is 1.39. The van der Waals surface area contributed by atoms with Crippen molar-refractivity contribution >= 4 is 17.2 Å². The van der Waals surface area contributed by atoms with E-state index >= 15 is 0 Å². The Bertz CT molecular complexity index is 1050. The predicted octanol–water partition coefficient (Wildman–Crippen LogP) is 3.82. The Hall–Kier alpha value is -3.19. The van der Waals surface area contributed by atoms with Crippen LogP contribution in [0.15, 0.2) is 64.9 Å². The number of thiophene rings is 1. The number of oxazole rings is 1. The number of carbonyl (C=O) groups is 1. The largest absolute Gasteiger partial charge is 0.440 e. The summed E-state index contributed by atoms with van der Waals surface area (Å²) in [4.78, 5) is 22.0. The van der Waals surface area contributed by atoms with Crippen molar-refractivity contribution in [3.05, 3.63) is 83.1 Å². The number of nitrogens with one attached hydrogen (secondary N) is 1. The summed E-state index contributed by atoms with van der Waals surface area (Å²) in [6, 6.07) is 12.0. The molecule has 0 bridgehead atoms. The van der Waals surface area contributed by atoms with Crippen LogP contribution in [0.3, 0.4) is 0 Å². The first kappa shape index (κ1) is 18.2. The number of benzene rings is 1. The van der Waals surface area contributed by atoms with Gasteiger partial charge < -0.3 is 14.3 Å². The fourth-order valence-corrected chi connectivity index (χ4v) is 3.62. The van der Waals surface area contributed by atoms with Gasteiger partial charge in [0, 0.05) is 25.5 Å². The van der Waals surface area contributed by atoms with E-state index in [-0.39, 0.29) is 12.3 Å². The molecule has 0 aliphatic heterocycles. The lowest BCUT2D eigenvalue weighted by Gasteiger charge is -2.11. The van der Waals surface area contributed by atoms with Gasteiger partial charge in [-0.3, -0.25) is 4.79 Å². The highest BCUT2D eigenvalue weighted by Crippen LogP contribution is 2.26. The number of hydrogen-bond acceptors (Lipinski definition) is 5. The standard InChI is InChI=1S/C21H20N4O2S/c1-15-18(24-21(27-15)19-7-4-10-28-19)11-20(26)23-12-16-5-2-3-6-17(16)13-25-9-8-22-14-25/h2-10,14H,11-13H2,1H3,(H,23,26). The lowest BCUT2D eigenvalue weighted by atomic mass is 10.1. The molecule has 6 nitrogen and oxygen atoms in total. The van der Waals surface area contributed by atoms with Gasteiger partial charge in [0.2, 0.25) is 11.8 Å². The molecule has 28 heavy (non-hydrogen) atoms. The zero-order valence-electron chi connectivity index (χ0n) is 15.5. The minimum Gasteiger partial charge on any atom is -0.440 e. The van der Waals surface area contributed by atoms with E-state index in [0.717, 1.165) is 22.5 Å². The SMILES string of the molecule is Cc1oc(-c2cccs2)nc1CC(=O)NCc1ccccc1Cn1ccnc1. The Labute approximate surface area is 166 Å². The quantitative estimate of drug-likeness (QED) is 0.519. The molecule has 3 aromatic heterocycles. The fraction of sp³-hybridized carbons (Fsp3) is 0.190. The van der Waals surface area contributed by atoms with Gasteiger partial charge in [-0.1, -0.05) is 30.3 Å².